The van der Waals surface area contributed by atoms with Crippen molar-refractivity contribution in [3.8, 4) is 0 Å². The highest BCUT2D eigenvalue weighted by Crippen LogP contribution is 2.04. The Morgan fingerprint density at radius 3 is 2.50 bits per heavy atom. The second kappa shape index (κ2) is 3.62. The number of likely N-dealkylation sites (N-methyl/N-ethyl adjacent to an activating group) is 1. The number of hydrazine groups is 1. The molecule has 1 fully saturated rings. The summed E-state index contributed by atoms with van der Waals surface area (Å²) in [6.45, 7) is 1.34. The van der Waals surface area contributed by atoms with Crippen molar-refractivity contribution in [1.82, 2.24) is 15.3 Å². The van der Waals surface area contributed by atoms with Gasteiger partial charge in [0.15, 0.2) is 0 Å². The van der Waals surface area contributed by atoms with Gasteiger partial charge in [-0.15, -0.1) is 0 Å². The van der Waals surface area contributed by atoms with Gasteiger partial charge in [0.05, 0.1) is 6.04 Å². The average molecular weight is 200 g/mol. The SMILES string of the molecule is CC(N)C(=O)NN1CC(=O)N(C)C1=O. The molecule has 1 heterocycles. The van der Waals surface area contributed by atoms with Crippen molar-refractivity contribution < 1.29 is 14.4 Å². The minimum Gasteiger partial charge on any atom is -0.320 e. The van der Waals surface area contributed by atoms with Crippen LogP contribution in [0.2, 0.25) is 0 Å². The highest BCUT2D eigenvalue weighted by molar-refractivity contribution is 6.02. The molecular weight excluding hydrogens is 188 g/mol. The number of hydrogen-bond donors (Lipinski definition) is 2. The Bertz CT molecular complexity index is 289. The first kappa shape index (κ1) is 10.5. The molecule has 7 nitrogen and oxygen atoms in total. The zero-order valence-corrected chi connectivity index (χ0v) is 7.98. The van der Waals surface area contributed by atoms with Gasteiger partial charge in [0, 0.05) is 7.05 Å². The smallest absolute Gasteiger partial charge is 0.320 e. The Morgan fingerprint density at radius 2 is 2.14 bits per heavy atom. The van der Waals surface area contributed by atoms with E-state index >= 15 is 0 Å². The lowest BCUT2D eigenvalue weighted by Crippen LogP contribution is -2.49. The number of amides is 4. The van der Waals surface area contributed by atoms with E-state index in [0.717, 1.165) is 9.91 Å². The van der Waals surface area contributed by atoms with Crippen LogP contribution in [-0.4, -0.2) is 47.4 Å². The summed E-state index contributed by atoms with van der Waals surface area (Å²) < 4.78 is 0. The van der Waals surface area contributed by atoms with Crippen molar-refractivity contribution >= 4 is 17.8 Å². The lowest BCUT2D eigenvalue weighted by molar-refractivity contribution is -0.126. The fourth-order valence-corrected chi connectivity index (χ4v) is 0.919. The summed E-state index contributed by atoms with van der Waals surface area (Å²) in [5.74, 6) is -0.860. The third-order valence-corrected chi connectivity index (χ3v) is 1.84. The van der Waals surface area contributed by atoms with Crippen molar-refractivity contribution in [3.05, 3.63) is 0 Å². The van der Waals surface area contributed by atoms with E-state index in [1.54, 1.807) is 0 Å². The standard InChI is InChI=1S/C7H12N4O3/c1-4(8)6(13)9-11-3-5(12)10(2)7(11)14/h4H,3,8H2,1-2H3,(H,9,13). The Balaban J connectivity index is 2.60. The molecule has 1 saturated heterocycles. The molecule has 0 spiro atoms. The van der Waals surface area contributed by atoms with Crippen LogP contribution in [0.25, 0.3) is 0 Å². The fourth-order valence-electron chi connectivity index (χ4n) is 0.919. The number of nitrogens with zero attached hydrogens (tertiary/aromatic N) is 2. The molecule has 1 aliphatic heterocycles. The molecule has 0 bridgehead atoms. The highest BCUT2D eigenvalue weighted by Gasteiger charge is 2.34. The number of hydrogen-bond acceptors (Lipinski definition) is 4. The highest BCUT2D eigenvalue weighted by atomic mass is 16.2. The first-order valence-electron chi connectivity index (χ1n) is 4.07. The number of imide groups is 1. The zero-order chi connectivity index (χ0) is 10.9. The third kappa shape index (κ3) is 1.82. The minimum absolute atomic E-state index is 0.145. The van der Waals surface area contributed by atoms with Crippen LogP contribution in [-0.2, 0) is 9.59 Å². The van der Waals surface area contributed by atoms with Gasteiger partial charge in [-0.2, -0.15) is 0 Å². The molecule has 0 aromatic carbocycles. The number of carbonyl (C=O) groups excluding carboxylic acids is 3. The van der Waals surface area contributed by atoms with Gasteiger partial charge in [0.25, 0.3) is 11.8 Å². The van der Waals surface area contributed by atoms with Gasteiger partial charge in [-0.05, 0) is 6.92 Å². The molecule has 78 valence electrons. The van der Waals surface area contributed by atoms with Gasteiger partial charge in [0.2, 0.25) is 0 Å². The summed E-state index contributed by atoms with van der Waals surface area (Å²) in [6.07, 6.45) is 0. The van der Waals surface area contributed by atoms with Crippen molar-refractivity contribution in [2.24, 2.45) is 5.73 Å². The van der Waals surface area contributed by atoms with E-state index in [4.69, 9.17) is 5.73 Å². The van der Waals surface area contributed by atoms with Gasteiger partial charge >= 0.3 is 6.03 Å². The Morgan fingerprint density at radius 1 is 1.57 bits per heavy atom. The molecular formula is C7H12N4O3. The van der Waals surface area contributed by atoms with Crippen LogP contribution in [0.15, 0.2) is 0 Å². The summed E-state index contributed by atoms with van der Waals surface area (Å²) >= 11 is 0. The second-order valence-corrected chi connectivity index (χ2v) is 3.09. The summed E-state index contributed by atoms with van der Waals surface area (Å²) in [7, 11) is 1.35. The van der Waals surface area contributed by atoms with Crippen LogP contribution in [0.3, 0.4) is 0 Å². The lowest BCUT2D eigenvalue weighted by atomic mass is 10.3. The van der Waals surface area contributed by atoms with E-state index in [9.17, 15) is 14.4 Å². The molecule has 1 unspecified atom stereocenters. The van der Waals surface area contributed by atoms with Crippen molar-refractivity contribution in [3.63, 3.8) is 0 Å². The van der Waals surface area contributed by atoms with Crippen LogP contribution in [0.1, 0.15) is 6.92 Å². The third-order valence-electron chi connectivity index (χ3n) is 1.84. The van der Waals surface area contributed by atoms with E-state index in [-0.39, 0.29) is 12.5 Å². The van der Waals surface area contributed by atoms with E-state index in [2.05, 4.69) is 5.43 Å². The molecule has 1 atom stereocenters. The van der Waals surface area contributed by atoms with Crippen LogP contribution in [0, 0.1) is 0 Å². The maximum Gasteiger partial charge on any atom is 0.345 e. The molecule has 1 rings (SSSR count). The van der Waals surface area contributed by atoms with Crippen LogP contribution < -0.4 is 11.2 Å². The summed E-state index contributed by atoms with van der Waals surface area (Å²) in [5, 5.41) is 0.939. The van der Waals surface area contributed by atoms with E-state index in [1.807, 2.05) is 0 Å². The Kier molecular flexibility index (Phi) is 2.70. The van der Waals surface area contributed by atoms with Gasteiger partial charge < -0.3 is 5.73 Å². The number of nitrogens with one attached hydrogen (secondary N) is 1. The molecule has 14 heavy (non-hydrogen) atoms. The normalized spacial score (nSPS) is 18.8. The van der Waals surface area contributed by atoms with Crippen LogP contribution >= 0.6 is 0 Å². The fraction of sp³-hybridized carbons (Fsp3) is 0.571. The Labute approximate surface area is 80.8 Å². The van der Waals surface area contributed by atoms with E-state index in [1.165, 1.54) is 14.0 Å². The molecule has 0 aromatic rings. The summed E-state index contributed by atoms with van der Waals surface area (Å²) in [6, 6.07) is -1.27. The average Bonchev–Trinajstić information content (AvgIpc) is 2.33. The quantitative estimate of drug-likeness (QED) is 0.517. The molecule has 1 aliphatic rings. The molecule has 0 aliphatic carbocycles. The topological polar surface area (TPSA) is 95.7 Å². The van der Waals surface area contributed by atoms with Gasteiger partial charge in [-0.3, -0.25) is 19.9 Å². The zero-order valence-electron chi connectivity index (χ0n) is 7.98. The molecule has 3 N–H and O–H groups in total. The second-order valence-electron chi connectivity index (χ2n) is 3.09. The minimum atomic E-state index is -0.719. The predicted octanol–water partition coefficient (Wildman–Crippen LogP) is -1.74. The van der Waals surface area contributed by atoms with Crippen LogP contribution in [0.5, 0.6) is 0 Å². The number of rotatable bonds is 2. The lowest BCUT2D eigenvalue weighted by Gasteiger charge is -2.16. The molecule has 0 radical (unpaired) electrons. The molecule has 0 aromatic heterocycles. The first-order valence-corrected chi connectivity index (χ1v) is 4.07. The molecule has 4 amide bonds. The van der Waals surface area contributed by atoms with Gasteiger partial charge in [-0.1, -0.05) is 0 Å². The summed E-state index contributed by atoms with van der Waals surface area (Å²) in [4.78, 5) is 34.3. The molecule has 0 saturated carbocycles. The van der Waals surface area contributed by atoms with Gasteiger partial charge in [0.1, 0.15) is 6.54 Å². The van der Waals surface area contributed by atoms with Gasteiger partial charge in [-0.25, -0.2) is 9.80 Å². The maximum absolute atomic E-state index is 11.2. The van der Waals surface area contributed by atoms with E-state index in [0.29, 0.717) is 0 Å². The van der Waals surface area contributed by atoms with Crippen molar-refractivity contribution in [2.75, 3.05) is 13.6 Å². The number of carbonyl (C=O) groups is 3. The predicted molar refractivity (Wildman–Crippen MR) is 46.7 cm³/mol. The Hall–Kier alpha value is -1.63. The van der Waals surface area contributed by atoms with Crippen molar-refractivity contribution in [1.29, 1.82) is 0 Å². The monoisotopic (exact) mass is 200 g/mol. The number of urea groups is 1. The first-order chi connectivity index (χ1) is 6.43. The van der Waals surface area contributed by atoms with Crippen molar-refractivity contribution in [2.45, 2.75) is 13.0 Å². The summed E-state index contributed by atoms with van der Waals surface area (Å²) in [5.41, 5.74) is 7.53. The maximum atomic E-state index is 11.2. The molecule has 7 heteroatoms. The van der Waals surface area contributed by atoms with E-state index < -0.39 is 18.0 Å². The number of nitrogens with two attached hydrogens (primary N) is 1. The largest absolute Gasteiger partial charge is 0.345 e. The van der Waals surface area contributed by atoms with Crippen LogP contribution in [0.4, 0.5) is 4.79 Å².